The minimum Gasteiger partial charge on any atom is -0.477 e. The van der Waals surface area contributed by atoms with Crippen molar-refractivity contribution in [1.29, 1.82) is 0 Å². The number of carboxylic acids is 1. The van der Waals surface area contributed by atoms with E-state index in [9.17, 15) is 19.5 Å². The zero-order valence-electron chi connectivity index (χ0n) is 41.0. The summed E-state index contributed by atoms with van der Waals surface area (Å²) in [5.41, 5.74) is 0. The second kappa shape index (κ2) is 45.3. The Balaban J connectivity index is 4.39. The van der Waals surface area contributed by atoms with Gasteiger partial charge in [-0.2, -0.15) is 0 Å². The summed E-state index contributed by atoms with van der Waals surface area (Å²) >= 11 is 0. The first-order chi connectivity index (χ1) is 30.6. The van der Waals surface area contributed by atoms with Crippen LogP contribution in [0.3, 0.4) is 0 Å². The van der Waals surface area contributed by atoms with Crippen LogP contribution in [-0.4, -0.2) is 87.4 Å². The van der Waals surface area contributed by atoms with Crippen molar-refractivity contribution in [2.45, 2.75) is 206 Å². The molecule has 1 N–H and O–H groups in total. The van der Waals surface area contributed by atoms with Gasteiger partial charge < -0.3 is 28.5 Å². The highest BCUT2D eigenvalue weighted by Gasteiger charge is 2.25. The van der Waals surface area contributed by atoms with Gasteiger partial charge >= 0.3 is 17.9 Å². The molecule has 0 saturated heterocycles. The van der Waals surface area contributed by atoms with Gasteiger partial charge in [-0.1, -0.05) is 170 Å². The van der Waals surface area contributed by atoms with E-state index in [4.69, 9.17) is 18.9 Å². The maximum atomic E-state index is 12.8. The Hall–Kier alpha value is -3.27. The number of nitrogens with zero attached hydrogens (tertiary/aromatic N) is 1. The van der Waals surface area contributed by atoms with Crippen LogP contribution in [0.1, 0.15) is 194 Å². The molecule has 9 nitrogen and oxygen atoms in total. The number of rotatable bonds is 45. The first-order valence-corrected chi connectivity index (χ1v) is 25.1. The normalized spacial score (nSPS) is 13.5. The fourth-order valence-electron chi connectivity index (χ4n) is 6.56. The van der Waals surface area contributed by atoms with Crippen LogP contribution < -0.4 is 0 Å². The lowest BCUT2D eigenvalue weighted by atomic mass is 10.1. The van der Waals surface area contributed by atoms with Gasteiger partial charge in [0.25, 0.3) is 6.29 Å². The third kappa shape index (κ3) is 46.5. The molecule has 0 aliphatic heterocycles. The average molecular weight is 885 g/mol. The number of unbranched alkanes of at least 4 members (excludes halogenated alkanes) is 18. The Labute approximate surface area is 386 Å². The molecule has 2 atom stereocenters. The minimum absolute atomic E-state index is 0.180. The number of allylic oxidation sites excluding steroid dienone is 12. The molecule has 0 aromatic heterocycles. The van der Waals surface area contributed by atoms with Gasteiger partial charge in [-0.15, -0.1) is 0 Å². The third-order valence-electron chi connectivity index (χ3n) is 10.4. The van der Waals surface area contributed by atoms with Crippen molar-refractivity contribution in [2.75, 3.05) is 47.5 Å². The summed E-state index contributed by atoms with van der Waals surface area (Å²) in [6, 6.07) is 0. The number of hydrogen-bond donors (Lipinski definition) is 1. The fraction of sp³-hybridized carbons (Fsp3) is 0.722. The topological polar surface area (TPSA) is 108 Å². The summed E-state index contributed by atoms with van der Waals surface area (Å²) < 4.78 is 22.8. The van der Waals surface area contributed by atoms with Gasteiger partial charge in [0.1, 0.15) is 13.2 Å². The van der Waals surface area contributed by atoms with Crippen LogP contribution in [0.25, 0.3) is 0 Å². The highest BCUT2D eigenvalue weighted by molar-refractivity contribution is 5.71. The van der Waals surface area contributed by atoms with Gasteiger partial charge in [-0.25, -0.2) is 4.79 Å². The molecule has 0 radical (unpaired) electrons. The van der Waals surface area contributed by atoms with Crippen molar-refractivity contribution < 1.29 is 42.9 Å². The first-order valence-electron chi connectivity index (χ1n) is 25.1. The molecule has 0 spiro atoms. The second-order valence-corrected chi connectivity index (χ2v) is 17.7. The molecule has 0 bridgehead atoms. The van der Waals surface area contributed by atoms with E-state index in [1.807, 2.05) is 21.1 Å². The maximum Gasteiger partial charge on any atom is 0.361 e. The molecule has 0 aromatic carbocycles. The highest BCUT2D eigenvalue weighted by atomic mass is 16.7. The lowest BCUT2D eigenvalue weighted by Gasteiger charge is -2.25. The number of carbonyl (C=O) groups is 3. The Morgan fingerprint density at radius 1 is 0.492 bits per heavy atom. The predicted molar refractivity (Wildman–Crippen MR) is 263 cm³/mol. The molecular weight excluding hydrogens is 791 g/mol. The summed E-state index contributed by atoms with van der Waals surface area (Å²) in [5, 5.41) is 9.66. The smallest absolute Gasteiger partial charge is 0.361 e. The quantitative estimate of drug-likeness (QED) is 0.0212. The van der Waals surface area contributed by atoms with Crippen LogP contribution in [0.5, 0.6) is 0 Å². The Kier molecular flexibility index (Phi) is 43.0. The van der Waals surface area contributed by atoms with Crippen LogP contribution in [0.15, 0.2) is 72.9 Å². The number of aliphatic carboxylic acids is 1. The third-order valence-corrected chi connectivity index (χ3v) is 10.4. The molecule has 0 heterocycles. The van der Waals surface area contributed by atoms with E-state index < -0.39 is 24.3 Å². The number of carboxylic acid groups (broad SMARTS) is 1. The number of carbonyl (C=O) groups excluding carboxylic acids is 2. The maximum absolute atomic E-state index is 12.8. The number of likely N-dealkylation sites (N-methyl/N-ethyl adjacent to an activating group) is 1. The van der Waals surface area contributed by atoms with Gasteiger partial charge in [-0.3, -0.25) is 9.59 Å². The van der Waals surface area contributed by atoms with Gasteiger partial charge in [0.15, 0.2) is 6.10 Å². The largest absolute Gasteiger partial charge is 0.477 e. The van der Waals surface area contributed by atoms with Gasteiger partial charge in [-0.05, 0) is 83.5 Å². The standard InChI is InChI=1S/C54H93NO8/c1-6-8-10-12-14-16-18-20-22-23-24-25-26-27-28-29-31-33-35-37-39-41-43-45-52(57)63-50(49-62-54(53(58)59)60-47-46-55(3,4)5)48-61-51(56)44-42-40-38-36-34-32-30-21-19-17-15-13-11-9-7-2/h9,11,15,17-18,20-21,23-24,26-27,30,50,54H,6-8,10,12-14,16,19,22,25,28-29,31-49H2,1-5H3/p+1/b11-9-,17-15-,20-18-,24-23-,27-26-,30-21-. The highest BCUT2D eigenvalue weighted by Crippen LogP contribution is 2.14. The van der Waals surface area contributed by atoms with Crippen LogP contribution >= 0.6 is 0 Å². The lowest BCUT2D eigenvalue weighted by Crippen LogP contribution is -2.40. The van der Waals surface area contributed by atoms with Crippen molar-refractivity contribution in [2.24, 2.45) is 0 Å². The summed E-state index contributed by atoms with van der Waals surface area (Å²) in [7, 11) is 5.95. The molecule has 0 aliphatic rings. The van der Waals surface area contributed by atoms with Crippen molar-refractivity contribution >= 4 is 17.9 Å². The van der Waals surface area contributed by atoms with Crippen molar-refractivity contribution in [3.05, 3.63) is 72.9 Å². The molecule has 0 aliphatic carbocycles. The zero-order valence-corrected chi connectivity index (χ0v) is 41.0. The molecule has 362 valence electrons. The van der Waals surface area contributed by atoms with Crippen LogP contribution in [0.4, 0.5) is 0 Å². The predicted octanol–water partition coefficient (Wildman–Crippen LogP) is 13.9. The van der Waals surface area contributed by atoms with E-state index in [1.54, 1.807) is 0 Å². The van der Waals surface area contributed by atoms with Crippen molar-refractivity contribution in [1.82, 2.24) is 0 Å². The fourth-order valence-corrected chi connectivity index (χ4v) is 6.56. The SMILES string of the molecule is CC/C=C\C/C=C\C/C=C\CCCCCCCC(=O)OCC(COC(OCC[N+](C)(C)C)C(=O)O)OC(=O)CCCCCCCCCC/C=C\C/C=C\C/C=C\CCCCCCC. The number of hydrogen-bond acceptors (Lipinski definition) is 7. The molecule has 63 heavy (non-hydrogen) atoms. The zero-order chi connectivity index (χ0) is 46.3. The van der Waals surface area contributed by atoms with Gasteiger partial charge in [0.05, 0.1) is 34.4 Å². The molecule has 0 aromatic rings. The molecule has 0 rings (SSSR count). The monoisotopic (exact) mass is 885 g/mol. The lowest BCUT2D eigenvalue weighted by molar-refractivity contribution is -0.870. The van der Waals surface area contributed by atoms with Crippen LogP contribution in [0.2, 0.25) is 0 Å². The summed E-state index contributed by atoms with van der Waals surface area (Å²) in [6.07, 6.45) is 53.9. The van der Waals surface area contributed by atoms with E-state index in [0.29, 0.717) is 17.4 Å². The summed E-state index contributed by atoms with van der Waals surface area (Å²) in [6.45, 7) is 4.71. The number of ether oxygens (including phenoxy) is 4. The molecule has 0 saturated carbocycles. The molecule has 2 unspecified atom stereocenters. The van der Waals surface area contributed by atoms with Crippen molar-refractivity contribution in [3.8, 4) is 0 Å². The average Bonchev–Trinajstić information content (AvgIpc) is 3.24. The number of esters is 2. The molecule has 0 amide bonds. The molecule has 9 heteroatoms. The molecular formula is C54H94NO8+. The Morgan fingerprint density at radius 2 is 0.905 bits per heavy atom. The summed E-state index contributed by atoms with van der Waals surface area (Å²) in [4.78, 5) is 37.2. The molecule has 0 fully saturated rings. The van der Waals surface area contributed by atoms with Crippen molar-refractivity contribution in [3.63, 3.8) is 0 Å². The Bertz CT molecular complexity index is 1260. The van der Waals surface area contributed by atoms with E-state index >= 15 is 0 Å². The van der Waals surface area contributed by atoms with E-state index in [0.717, 1.165) is 96.3 Å². The van der Waals surface area contributed by atoms with Crippen LogP contribution in [0, 0.1) is 0 Å². The summed E-state index contributed by atoms with van der Waals surface area (Å²) in [5.74, 6) is -2.05. The van der Waals surface area contributed by atoms with E-state index in [1.165, 1.54) is 64.2 Å². The van der Waals surface area contributed by atoms with Crippen LogP contribution in [-0.2, 0) is 33.3 Å². The van der Waals surface area contributed by atoms with Gasteiger partial charge in [0.2, 0.25) is 0 Å². The van der Waals surface area contributed by atoms with E-state index in [-0.39, 0.29) is 38.6 Å². The minimum atomic E-state index is -1.52. The number of quaternary nitrogens is 1. The Morgan fingerprint density at radius 3 is 1.35 bits per heavy atom. The first kappa shape index (κ1) is 59.7. The van der Waals surface area contributed by atoms with Gasteiger partial charge in [0, 0.05) is 12.8 Å². The van der Waals surface area contributed by atoms with E-state index in [2.05, 4.69) is 86.8 Å². The second-order valence-electron chi connectivity index (χ2n) is 17.7.